The molecule has 1 atom stereocenters. The molecule has 0 aliphatic carbocycles. The average Bonchev–Trinajstić information content (AvgIpc) is 2.52. The number of hydrogen-bond acceptors (Lipinski definition) is 3. The molecule has 1 aromatic rings. The van der Waals surface area contributed by atoms with Crippen LogP contribution >= 0.6 is 27.3 Å². The van der Waals surface area contributed by atoms with E-state index in [-0.39, 0.29) is 0 Å². The highest BCUT2D eigenvalue weighted by molar-refractivity contribution is 9.10. The Morgan fingerprint density at radius 2 is 2.50 bits per heavy atom. The van der Waals surface area contributed by atoms with Crippen molar-refractivity contribution in [3.8, 4) is 0 Å². The van der Waals surface area contributed by atoms with Crippen LogP contribution in [0.1, 0.15) is 17.7 Å². The molecule has 78 valence electrons. The van der Waals surface area contributed by atoms with Gasteiger partial charge in [-0.05, 0) is 46.8 Å². The van der Waals surface area contributed by atoms with E-state index in [2.05, 4.69) is 32.3 Å². The number of thiophene rings is 1. The third kappa shape index (κ3) is 2.57. The molecule has 1 saturated heterocycles. The largest absolute Gasteiger partial charge is 0.327 e. The van der Waals surface area contributed by atoms with Crippen LogP contribution < -0.4 is 5.73 Å². The van der Waals surface area contributed by atoms with E-state index in [1.807, 2.05) is 11.3 Å². The standard InChI is InChI=1S/C10H15BrN2S/c11-9-3-5-14-10(9)7-13-4-1-2-8(12)6-13/h3,5,8H,1-2,4,6-7,12H2. The molecule has 1 aliphatic heterocycles. The van der Waals surface area contributed by atoms with Gasteiger partial charge in [0.05, 0.1) is 0 Å². The van der Waals surface area contributed by atoms with E-state index in [1.165, 1.54) is 28.7 Å². The van der Waals surface area contributed by atoms with E-state index in [4.69, 9.17) is 5.73 Å². The fourth-order valence-corrected chi connectivity index (χ4v) is 3.39. The summed E-state index contributed by atoms with van der Waals surface area (Å²) in [4.78, 5) is 3.86. The van der Waals surface area contributed by atoms with Crippen molar-refractivity contribution in [1.29, 1.82) is 0 Å². The van der Waals surface area contributed by atoms with Crippen LogP contribution in [0.5, 0.6) is 0 Å². The summed E-state index contributed by atoms with van der Waals surface area (Å²) in [7, 11) is 0. The first-order valence-electron chi connectivity index (χ1n) is 4.95. The second-order valence-electron chi connectivity index (χ2n) is 3.83. The Balaban J connectivity index is 1.94. The number of rotatable bonds is 2. The lowest BCUT2D eigenvalue weighted by molar-refractivity contribution is 0.203. The van der Waals surface area contributed by atoms with Crippen LogP contribution in [-0.2, 0) is 6.54 Å². The number of nitrogens with zero attached hydrogens (tertiary/aromatic N) is 1. The van der Waals surface area contributed by atoms with Crippen LogP contribution in [0.15, 0.2) is 15.9 Å². The van der Waals surface area contributed by atoms with Gasteiger partial charge in [-0.15, -0.1) is 11.3 Å². The maximum Gasteiger partial charge on any atom is 0.0339 e. The molecule has 2 N–H and O–H groups in total. The lowest BCUT2D eigenvalue weighted by Gasteiger charge is -2.30. The number of piperidine rings is 1. The van der Waals surface area contributed by atoms with Gasteiger partial charge in [0.15, 0.2) is 0 Å². The normalized spacial score (nSPS) is 24.0. The van der Waals surface area contributed by atoms with Crippen molar-refractivity contribution in [1.82, 2.24) is 4.90 Å². The van der Waals surface area contributed by atoms with Crippen LogP contribution in [0, 0.1) is 0 Å². The number of halogens is 1. The van der Waals surface area contributed by atoms with Gasteiger partial charge in [-0.2, -0.15) is 0 Å². The SMILES string of the molecule is NC1CCCN(Cc2sccc2Br)C1. The third-order valence-corrected chi connectivity index (χ3v) is 4.51. The summed E-state index contributed by atoms with van der Waals surface area (Å²) in [5.41, 5.74) is 5.94. The smallest absolute Gasteiger partial charge is 0.0339 e. The monoisotopic (exact) mass is 274 g/mol. The summed E-state index contributed by atoms with van der Waals surface area (Å²) in [6.07, 6.45) is 2.42. The maximum absolute atomic E-state index is 5.94. The number of nitrogens with two attached hydrogens (primary N) is 1. The molecule has 0 amide bonds. The summed E-state index contributed by atoms with van der Waals surface area (Å²) in [6, 6.07) is 2.49. The Morgan fingerprint density at radius 3 is 3.14 bits per heavy atom. The third-order valence-electron chi connectivity index (χ3n) is 2.60. The van der Waals surface area contributed by atoms with E-state index in [9.17, 15) is 0 Å². The van der Waals surface area contributed by atoms with E-state index in [0.29, 0.717) is 6.04 Å². The minimum Gasteiger partial charge on any atom is -0.327 e. The van der Waals surface area contributed by atoms with Crippen molar-refractivity contribution in [2.24, 2.45) is 5.73 Å². The van der Waals surface area contributed by atoms with Crippen LogP contribution in [0.2, 0.25) is 0 Å². The van der Waals surface area contributed by atoms with Crippen LogP contribution in [-0.4, -0.2) is 24.0 Å². The minimum atomic E-state index is 0.377. The second-order valence-corrected chi connectivity index (χ2v) is 5.68. The molecule has 0 radical (unpaired) electrons. The van der Waals surface area contributed by atoms with Gasteiger partial charge in [-0.25, -0.2) is 0 Å². The molecule has 2 rings (SSSR count). The van der Waals surface area contributed by atoms with E-state index in [0.717, 1.165) is 13.1 Å². The van der Waals surface area contributed by atoms with Crippen molar-refractivity contribution in [2.45, 2.75) is 25.4 Å². The molecule has 1 fully saturated rings. The molecule has 1 aliphatic rings. The van der Waals surface area contributed by atoms with Gasteiger partial charge < -0.3 is 5.73 Å². The molecule has 0 bridgehead atoms. The summed E-state index contributed by atoms with van der Waals surface area (Å²) in [5, 5.41) is 2.13. The molecule has 0 spiro atoms. The van der Waals surface area contributed by atoms with Crippen LogP contribution in [0.3, 0.4) is 0 Å². The fraction of sp³-hybridized carbons (Fsp3) is 0.600. The Hall–Kier alpha value is 0.100. The number of hydrogen-bond donors (Lipinski definition) is 1. The van der Waals surface area contributed by atoms with Crippen LogP contribution in [0.4, 0.5) is 0 Å². The zero-order chi connectivity index (χ0) is 9.97. The average molecular weight is 275 g/mol. The molecular weight excluding hydrogens is 260 g/mol. The topological polar surface area (TPSA) is 29.3 Å². The molecule has 0 saturated carbocycles. The quantitative estimate of drug-likeness (QED) is 0.898. The van der Waals surface area contributed by atoms with Crippen molar-refractivity contribution in [3.63, 3.8) is 0 Å². The Morgan fingerprint density at radius 1 is 1.64 bits per heavy atom. The van der Waals surface area contributed by atoms with E-state index in [1.54, 1.807) is 0 Å². The van der Waals surface area contributed by atoms with Crippen LogP contribution in [0.25, 0.3) is 0 Å². The first-order valence-corrected chi connectivity index (χ1v) is 6.63. The van der Waals surface area contributed by atoms with Crippen molar-refractivity contribution < 1.29 is 0 Å². The summed E-state index contributed by atoms with van der Waals surface area (Å²) in [5.74, 6) is 0. The van der Waals surface area contributed by atoms with E-state index >= 15 is 0 Å². The predicted octanol–water partition coefficient (Wildman–Crippen LogP) is 2.43. The zero-order valence-electron chi connectivity index (χ0n) is 8.08. The summed E-state index contributed by atoms with van der Waals surface area (Å²) >= 11 is 5.38. The highest BCUT2D eigenvalue weighted by Gasteiger charge is 2.17. The second kappa shape index (κ2) is 4.75. The molecule has 14 heavy (non-hydrogen) atoms. The Labute approximate surface area is 97.2 Å². The highest BCUT2D eigenvalue weighted by atomic mass is 79.9. The lowest BCUT2D eigenvalue weighted by atomic mass is 10.1. The Bertz CT molecular complexity index is 300. The summed E-state index contributed by atoms with van der Waals surface area (Å²) in [6.45, 7) is 3.29. The van der Waals surface area contributed by atoms with E-state index < -0.39 is 0 Å². The first kappa shape index (κ1) is 10.6. The van der Waals surface area contributed by atoms with Gasteiger partial charge in [-0.1, -0.05) is 0 Å². The fourth-order valence-electron chi connectivity index (χ4n) is 1.88. The van der Waals surface area contributed by atoms with Gasteiger partial charge in [0.25, 0.3) is 0 Å². The molecule has 1 unspecified atom stereocenters. The molecule has 0 aromatic carbocycles. The first-order chi connectivity index (χ1) is 6.75. The lowest BCUT2D eigenvalue weighted by Crippen LogP contribution is -2.42. The van der Waals surface area contributed by atoms with Gasteiger partial charge in [-0.3, -0.25) is 4.90 Å². The van der Waals surface area contributed by atoms with Crippen molar-refractivity contribution in [3.05, 3.63) is 20.8 Å². The maximum atomic E-state index is 5.94. The van der Waals surface area contributed by atoms with Gasteiger partial charge in [0, 0.05) is 28.5 Å². The zero-order valence-corrected chi connectivity index (χ0v) is 10.5. The summed E-state index contributed by atoms with van der Waals surface area (Å²) < 4.78 is 1.24. The van der Waals surface area contributed by atoms with Crippen molar-refractivity contribution >= 4 is 27.3 Å². The van der Waals surface area contributed by atoms with Gasteiger partial charge >= 0.3 is 0 Å². The highest BCUT2D eigenvalue weighted by Crippen LogP contribution is 2.25. The van der Waals surface area contributed by atoms with Gasteiger partial charge in [0.2, 0.25) is 0 Å². The Kier molecular flexibility index (Phi) is 3.60. The van der Waals surface area contributed by atoms with Gasteiger partial charge in [0.1, 0.15) is 0 Å². The number of likely N-dealkylation sites (tertiary alicyclic amines) is 1. The molecular formula is C10H15BrN2S. The van der Waals surface area contributed by atoms with Crippen molar-refractivity contribution in [2.75, 3.05) is 13.1 Å². The predicted molar refractivity (Wildman–Crippen MR) is 64.5 cm³/mol. The minimum absolute atomic E-state index is 0.377. The molecule has 2 heterocycles. The molecule has 2 nitrogen and oxygen atoms in total. The molecule has 4 heteroatoms. The molecule has 1 aromatic heterocycles.